The third kappa shape index (κ3) is 6.41. The fourth-order valence-electron chi connectivity index (χ4n) is 1.72. The molecule has 0 amide bonds. The van der Waals surface area contributed by atoms with E-state index in [0.717, 1.165) is 24.6 Å². The predicted molar refractivity (Wildman–Crippen MR) is 83.1 cm³/mol. The highest BCUT2D eigenvalue weighted by Crippen LogP contribution is 2.07. The van der Waals surface area contributed by atoms with Crippen molar-refractivity contribution in [2.45, 2.75) is 39.7 Å². The van der Waals surface area contributed by atoms with Crippen LogP contribution in [-0.4, -0.2) is 31.1 Å². The Bertz CT molecular complexity index is 389. The fraction of sp³-hybridized carbons (Fsp3) is 0.600. The number of hydrogen-bond acceptors (Lipinski definition) is 3. The first-order valence-electron chi connectivity index (χ1n) is 7.31. The van der Waals surface area contributed by atoms with Crippen molar-refractivity contribution in [1.82, 2.24) is 15.6 Å². The van der Waals surface area contributed by atoms with Crippen molar-refractivity contribution in [2.24, 2.45) is 4.99 Å². The van der Waals surface area contributed by atoms with Crippen LogP contribution in [0.1, 0.15) is 38.7 Å². The number of guanidine groups is 1. The molecule has 0 bridgehead atoms. The largest absolute Gasteiger partial charge is 0.481 e. The van der Waals surface area contributed by atoms with E-state index in [1.165, 1.54) is 19.3 Å². The van der Waals surface area contributed by atoms with Crippen molar-refractivity contribution in [2.75, 3.05) is 20.2 Å². The maximum Gasteiger partial charge on any atom is 0.212 e. The van der Waals surface area contributed by atoms with Gasteiger partial charge in [0, 0.05) is 25.4 Å². The summed E-state index contributed by atoms with van der Waals surface area (Å²) in [5, 5.41) is 6.59. The fourth-order valence-corrected chi connectivity index (χ4v) is 1.72. The molecule has 1 aromatic heterocycles. The van der Waals surface area contributed by atoms with E-state index in [0.29, 0.717) is 12.4 Å². The minimum Gasteiger partial charge on any atom is -0.481 e. The van der Waals surface area contributed by atoms with Gasteiger partial charge in [0.25, 0.3) is 0 Å². The normalized spacial score (nSPS) is 11.2. The molecular formula is C15H26N4O. The number of nitrogens with one attached hydrogen (secondary N) is 2. The van der Waals surface area contributed by atoms with E-state index in [1.54, 1.807) is 13.3 Å². The lowest BCUT2D eigenvalue weighted by Crippen LogP contribution is -2.37. The number of rotatable bonds is 8. The molecule has 0 atom stereocenters. The molecule has 0 spiro atoms. The summed E-state index contributed by atoms with van der Waals surface area (Å²) in [5.41, 5.74) is 1.07. The lowest BCUT2D eigenvalue weighted by atomic mass is 10.2. The molecule has 0 aliphatic carbocycles. The molecule has 20 heavy (non-hydrogen) atoms. The molecule has 0 unspecified atom stereocenters. The Hall–Kier alpha value is -1.78. The molecule has 0 aromatic carbocycles. The molecule has 0 radical (unpaired) electrons. The van der Waals surface area contributed by atoms with Crippen LogP contribution >= 0.6 is 0 Å². The zero-order chi connectivity index (χ0) is 14.6. The minimum atomic E-state index is 0.611. The molecule has 0 saturated heterocycles. The molecule has 0 aliphatic heterocycles. The third-order valence-electron chi connectivity index (χ3n) is 2.84. The number of pyridine rings is 1. The van der Waals surface area contributed by atoms with Crippen LogP contribution < -0.4 is 15.4 Å². The van der Waals surface area contributed by atoms with Gasteiger partial charge in [0.1, 0.15) is 0 Å². The molecule has 0 fully saturated rings. The van der Waals surface area contributed by atoms with E-state index < -0.39 is 0 Å². The summed E-state index contributed by atoms with van der Waals surface area (Å²) in [6, 6.07) is 3.84. The maximum atomic E-state index is 5.04. The van der Waals surface area contributed by atoms with Crippen molar-refractivity contribution >= 4 is 5.96 Å². The standard InChI is InChI=1S/C15H26N4O/c1-4-6-7-10-17-15(16-5-2)19-12-13-8-9-14(20-3)18-11-13/h8-9,11H,4-7,10,12H2,1-3H3,(H2,16,17,19). The summed E-state index contributed by atoms with van der Waals surface area (Å²) in [6.07, 6.45) is 5.44. The first-order valence-corrected chi connectivity index (χ1v) is 7.31. The average Bonchev–Trinajstić information content (AvgIpc) is 2.49. The van der Waals surface area contributed by atoms with Crippen LogP contribution in [0, 0.1) is 0 Å². The number of aromatic nitrogens is 1. The molecular weight excluding hydrogens is 252 g/mol. The summed E-state index contributed by atoms with van der Waals surface area (Å²) in [5.74, 6) is 1.49. The second-order valence-electron chi connectivity index (χ2n) is 4.54. The van der Waals surface area contributed by atoms with Crippen LogP contribution in [0.25, 0.3) is 0 Å². The number of hydrogen-bond donors (Lipinski definition) is 2. The summed E-state index contributed by atoms with van der Waals surface area (Å²) < 4.78 is 5.04. The molecule has 5 nitrogen and oxygen atoms in total. The van der Waals surface area contributed by atoms with Crippen molar-refractivity contribution in [3.8, 4) is 5.88 Å². The van der Waals surface area contributed by atoms with Crippen molar-refractivity contribution < 1.29 is 4.74 Å². The van der Waals surface area contributed by atoms with Gasteiger partial charge in [-0.05, 0) is 18.9 Å². The number of nitrogens with zero attached hydrogens (tertiary/aromatic N) is 2. The van der Waals surface area contributed by atoms with Crippen LogP contribution in [0.15, 0.2) is 23.3 Å². The number of unbranched alkanes of at least 4 members (excludes halogenated alkanes) is 2. The highest BCUT2D eigenvalue weighted by atomic mass is 16.5. The second-order valence-corrected chi connectivity index (χ2v) is 4.54. The Morgan fingerprint density at radius 2 is 2.10 bits per heavy atom. The Kier molecular flexibility index (Phi) is 8.19. The van der Waals surface area contributed by atoms with E-state index in [1.807, 2.05) is 12.1 Å². The first kappa shape index (κ1) is 16.3. The van der Waals surface area contributed by atoms with E-state index in [9.17, 15) is 0 Å². The third-order valence-corrected chi connectivity index (χ3v) is 2.84. The summed E-state index contributed by atoms with van der Waals surface area (Å²) >= 11 is 0. The Morgan fingerprint density at radius 1 is 1.25 bits per heavy atom. The lowest BCUT2D eigenvalue weighted by molar-refractivity contribution is 0.397. The van der Waals surface area contributed by atoms with Crippen molar-refractivity contribution in [3.05, 3.63) is 23.9 Å². The zero-order valence-corrected chi connectivity index (χ0v) is 12.8. The molecule has 5 heteroatoms. The van der Waals surface area contributed by atoms with E-state index >= 15 is 0 Å². The van der Waals surface area contributed by atoms with Gasteiger partial charge in [0.15, 0.2) is 5.96 Å². The topological polar surface area (TPSA) is 58.5 Å². The highest BCUT2D eigenvalue weighted by molar-refractivity contribution is 5.79. The van der Waals surface area contributed by atoms with E-state index in [-0.39, 0.29) is 0 Å². The summed E-state index contributed by atoms with van der Waals surface area (Å²) in [7, 11) is 1.61. The van der Waals surface area contributed by atoms with E-state index in [2.05, 4.69) is 34.5 Å². The minimum absolute atomic E-state index is 0.611. The van der Waals surface area contributed by atoms with Crippen LogP contribution in [0.5, 0.6) is 5.88 Å². The van der Waals surface area contributed by atoms with Gasteiger partial charge in [0.2, 0.25) is 5.88 Å². The monoisotopic (exact) mass is 278 g/mol. The quantitative estimate of drug-likeness (QED) is 0.435. The maximum absolute atomic E-state index is 5.04. The summed E-state index contributed by atoms with van der Waals surface area (Å²) in [6.45, 7) is 6.70. The molecule has 1 aromatic rings. The highest BCUT2D eigenvalue weighted by Gasteiger charge is 1.98. The Labute approximate surface area is 121 Å². The average molecular weight is 278 g/mol. The molecule has 0 aliphatic rings. The van der Waals surface area contributed by atoms with Crippen LogP contribution in [0.2, 0.25) is 0 Å². The van der Waals surface area contributed by atoms with Gasteiger partial charge in [-0.1, -0.05) is 25.8 Å². The summed E-state index contributed by atoms with van der Waals surface area (Å²) in [4.78, 5) is 8.73. The Balaban J connectivity index is 2.47. The first-order chi connectivity index (χ1) is 9.80. The second kappa shape index (κ2) is 10.1. The predicted octanol–water partition coefficient (Wildman–Crippen LogP) is 2.34. The zero-order valence-electron chi connectivity index (χ0n) is 12.8. The van der Waals surface area contributed by atoms with Crippen LogP contribution in [0.4, 0.5) is 0 Å². The van der Waals surface area contributed by atoms with Crippen LogP contribution in [0.3, 0.4) is 0 Å². The van der Waals surface area contributed by atoms with Crippen molar-refractivity contribution in [1.29, 1.82) is 0 Å². The van der Waals surface area contributed by atoms with Gasteiger partial charge < -0.3 is 15.4 Å². The van der Waals surface area contributed by atoms with Gasteiger partial charge in [0.05, 0.1) is 13.7 Å². The number of aliphatic imine (C=N–C) groups is 1. The van der Waals surface area contributed by atoms with Crippen LogP contribution in [-0.2, 0) is 6.54 Å². The Morgan fingerprint density at radius 3 is 2.70 bits per heavy atom. The molecule has 0 saturated carbocycles. The molecule has 112 valence electrons. The molecule has 1 heterocycles. The van der Waals surface area contributed by atoms with Gasteiger partial charge in [-0.25, -0.2) is 9.98 Å². The van der Waals surface area contributed by atoms with Gasteiger partial charge in [-0.2, -0.15) is 0 Å². The number of ether oxygens (including phenoxy) is 1. The van der Waals surface area contributed by atoms with Gasteiger partial charge in [-0.3, -0.25) is 0 Å². The smallest absolute Gasteiger partial charge is 0.212 e. The van der Waals surface area contributed by atoms with Gasteiger partial charge >= 0.3 is 0 Å². The van der Waals surface area contributed by atoms with Gasteiger partial charge in [-0.15, -0.1) is 0 Å². The number of methoxy groups -OCH3 is 1. The molecule has 1 rings (SSSR count). The molecule has 2 N–H and O–H groups in total. The van der Waals surface area contributed by atoms with E-state index in [4.69, 9.17) is 4.74 Å². The lowest BCUT2D eigenvalue weighted by Gasteiger charge is -2.11. The van der Waals surface area contributed by atoms with Crippen molar-refractivity contribution in [3.63, 3.8) is 0 Å². The SMILES string of the molecule is CCCCCNC(=NCc1ccc(OC)nc1)NCC.